The van der Waals surface area contributed by atoms with Gasteiger partial charge in [-0.3, -0.25) is 5.26 Å². The fraction of sp³-hybridized carbons (Fsp3) is 1.00. The lowest BCUT2D eigenvalue weighted by molar-refractivity contribution is -0.214. The molecule has 1 saturated carbocycles. The third-order valence-electron chi connectivity index (χ3n) is 3.76. The molecule has 22 heavy (non-hydrogen) atoms. The summed E-state index contributed by atoms with van der Waals surface area (Å²) in [5.74, 6) is 5.44. The van der Waals surface area contributed by atoms with Gasteiger partial charge < -0.3 is 4.84 Å². The second-order valence-electron chi connectivity index (χ2n) is 5.74. The number of hydrogen-bond donors (Lipinski definition) is 2. The van der Waals surface area contributed by atoms with Crippen LogP contribution in [0.3, 0.4) is 0 Å². The van der Waals surface area contributed by atoms with Gasteiger partial charge in [0, 0.05) is 0 Å². The zero-order valence-corrected chi connectivity index (χ0v) is 15.9. The molecule has 0 amide bonds. The first-order chi connectivity index (χ1) is 10.7. The van der Waals surface area contributed by atoms with Gasteiger partial charge in [0.15, 0.2) is 0 Å². The van der Waals surface area contributed by atoms with Crippen LogP contribution >= 0.6 is 0 Å². The van der Waals surface area contributed by atoms with Gasteiger partial charge in [0.25, 0.3) is 0 Å². The van der Waals surface area contributed by atoms with Crippen LogP contribution in [0, 0.1) is 5.92 Å². The smallest absolute Gasteiger partial charge is 0.0710 e. The molecule has 138 valence electrons. The fourth-order valence-corrected chi connectivity index (χ4v) is 2.45. The van der Waals surface area contributed by atoms with Crippen LogP contribution in [0.25, 0.3) is 0 Å². The van der Waals surface area contributed by atoms with Crippen LogP contribution in [0.4, 0.5) is 0 Å². The molecule has 4 heteroatoms. The van der Waals surface area contributed by atoms with Crippen molar-refractivity contribution in [3.63, 3.8) is 0 Å². The van der Waals surface area contributed by atoms with E-state index < -0.39 is 0 Å². The van der Waals surface area contributed by atoms with E-state index in [1.165, 1.54) is 91.3 Å². The third-order valence-corrected chi connectivity index (χ3v) is 3.76. The van der Waals surface area contributed by atoms with E-state index >= 15 is 0 Å². The van der Waals surface area contributed by atoms with E-state index in [9.17, 15) is 0 Å². The average molecular weight is 322 g/mol. The molecule has 0 bridgehead atoms. The van der Waals surface area contributed by atoms with Gasteiger partial charge in [-0.2, -0.15) is 0 Å². The minimum absolute atomic E-state index is 1.10. The van der Waals surface area contributed by atoms with E-state index in [1.807, 2.05) is 0 Å². The van der Waals surface area contributed by atoms with Crippen LogP contribution in [0.15, 0.2) is 0 Å². The normalized spacial score (nSPS) is 13.2. The molecule has 3 N–H and O–H groups in total. The van der Waals surface area contributed by atoms with Crippen molar-refractivity contribution in [2.45, 2.75) is 97.8 Å². The summed E-state index contributed by atoms with van der Waals surface area (Å²) in [5, 5.41) is 7.07. The van der Waals surface area contributed by atoms with Crippen molar-refractivity contribution < 1.29 is 15.0 Å². The average Bonchev–Trinajstić information content (AvgIpc) is 3.03. The quantitative estimate of drug-likeness (QED) is 0.345. The fourth-order valence-electron chi connectivity index (χ4n) is 2.45. The molecule has 0 aromatic heterocycles. The van der Waals surface area contributed by atoms with E-state index in [2.05, 4.69) is 36.4 Å². The van der Waals surface area contributed by atoms with Crippen LogP contribution in [0.1, 0.15) is 97.8 Å². The Bertz CT molecular complexity index is 143. The van der Waals surface area contributed by atoms with Gasteiger partial charge in [0.1, 0.15) is 0 Å². The van der Waals surface area contributed by atoms with Crippen LogP contribution in [-0.2, 0) is 9.73 Å². The molecule has 0 atom stereocenters. The Labute approximate surface area is 139 Å². The third kappa shape index (κ3) is 32.0. The van der Waals surface area contributed by atoms with Crippen molar-refractivity contribution in [2.75, 3.05) is 14.2 Å². The van der Waals surface area contributed by atoms with Crippen molar-refractivity contribution >= 4 is 0 Å². The molecule has 0 heterocycles. The Balaban J connectivity index is -0.000000246. The van der Waals surface area contributed by atoms with Gasteiger partial charge in [0.2, 0.25) is 0 Å². The first-order valence-corrected chi connectivity index (χ1v) is 9.08. The van der Waals surface area contributed by atoms with Crippen LogP contribution in [0.5, 0.6) is 0 Å². The zero-order chi connectivity index (χ0) is 17.5. The maximum Gasteiger partial charge on any atom is 0.0710 e. The molecular weight excluding hydrogens is 278 g/mol. The molecule has 4 nitrogen and oxygen atoms in total. The highest BCUT2D eigenvalue weighted by Crippen LogP contribution is 2.26. The molecule has 0 aromatic carbocycles. The van der Waals surface area contributed by atoms with Crippen molar-refractivity contribution in [3.8, 4) is 0 Å². The number of hydrogen-bond acceptors (Lipinski definition) is 4. The summed E-state index contributed by atoms with van der Waals surface area (Å²) < 4.78 is 0. The summed E-state index contributed by atoms with van der Waals surface area (Å²) >= 11 is 0. The van der Waals surface area contributed by atoms with Crippen LogP contribution < -0.4 is 5.90 Å². The van der Waals surface area contributed by atoms with Crippen molar-refractivity contribution in [1.82, 2.24) is 0 Å². The second kappa shape index (κ2) is 28.9. The molecule has 0 aromatic rings. The van der Waals surface area contributed by atoms with Gasteiger partial charge in [-0.1, -0.05) is 97.8 Å². The van der Waals surface area contributed by atoms with Gasteiger partial charge in [0.05, 0.1) is 14.2 Å². The van der Waals surface area contributed by atoms with Crippen molar-refractivity contribution in [2.24, 2.45) is 11.8 Å². The molecule has 1 aliphatic rings. The van der Waals surface area contributed by atoms with Crippen molar-refractivity contribution in [3.05, 3.63) is 0 Å². The topological polar surface area (TPSA) is 64.7 Å². The molecule has 0 saturated heterocycles. The maximum atomic E-state index is 7.07. The van der Waals surface area contributed by atoms with E-state index in [0.717, 1.165) is 5.92 Å². The molecule has 1 aliphatic carbocycles. The minimum atomic E-state index is 1.10. The van der Waals surface area contributed by atoms with Crippen LogP contribution in [-0.4, -0.2) is 19.5 Å². The number of rotatable bonds is 7. The Morgan fingerprint density at radius 1 is 0.864 bits per heavy atom. The lowest BCUT2D eigenvalue weighted by Crippen LogP contribution is -1.86. The van der Waals surface area contributed by atoms with Crippen LogP contribution in [0.2, 0.25) is 0 Å². The summed E-state index contributed by atoms with van der Waals surface area (Å²) in [4.78, 5) is 7.00. The van der Waals surface area contributed by atoms with Gasteiger partial charge in [-0.15, -0.1) is 0 Å². The summed E-state index contributed by atoms with van der Waals surface area (Å²) in [6.45, 7) is 6.83. The standard InChI is InChI=1S/C9H20.C7H14.CH5NO.CH4O2/c1-3-5-7-9-8-6-4-2;1-2-7-5-3-4-6-7;2*1-3-2/h3-9H2,1-2H3;7H,2-6H2,1H3;2H2,1H3;2H,1H3. The Morgan fingerprint density at radius 2 is 1.18 bits per heavy atom. The zero-order valence-electron chi connectivity index (χ0n) is 15.9. The summed E-state index contributed by atoms with van der Waals surface area (Å²) in [5.41, 5.74) is 0. The van der Waals surface area contributed by atoms with E-state index in [1.54, 1.807) is 0 Å². The Hall–Kier alpha value is -0.160. The molecule has 0 aliphatic heterocycles. The molecule has 0 radical (unpaired) electrons. The lowest BCUT2D eigenvalue weighted by atomic mass is 10.1. The maximum absolute atomic E-state index is 7.07. The highest BCUT2D eigenvalue weighted by molar-refractivity contribution is 4.64. The van der Waals surface area contributed by atoms with Gasteiger partial charge >= 0.3 is 0 Å². The minimum Gasteiger partial charge on any atom is -0.308 e. The first-order valence-electron chi connectivity index (χ1n) is 9.08. The molecule has 0 unspecified atom stereocenters. The lowest BCUT2D eigenvalue weighted by Gasteiger charge is -1.99. The highest BCUT2D eigenvalue weighted by Gasteiger charge is 2.11. The van der Waals surface area contributed by atoms with Gasteiger partial charge in [-0.25, -0.2) is 10.8 Å². The second-order valence-corrected chi connectivity index (χ2v) is 5.74. The van der Waals surface area contributed by atoms with Gasteiger partial charge in [-0.05, 0) is 5.92 Å². The van der Waals surface area contributed by atoms with E-state index in [-0.39, 0.29) is 0 Å². The highest BCUT2D eigenvalue weighted by atomic mass is 17.1. The Morgan fingerprint density at radius 3 is 1.41 bits per heavy atom. The number of nitrogens with two attached hydrogens (primary N) is 1. The summed E-state index contributed by atoms with van der Waals surface area (Å²) in [6, 6.07) is 0. The SMILES string of the molecule is CCC1CCCC1.CCCCCCCCC.CON.COO. The Kier molecular flexibility index (Phi) is 35.1. The largest absolute Gasteiger partial charge is 0.308 e. The molecular formula is C18H43NO3. The summed E-state index contributed by atoms with van der Waals surface area (Å²) in [7, 11) is 2.58. The first kappa shape index (κ1) is 26.7. The predicted octanol–water partition coefficient (Wildman–Crippen LogP) is 5.96. The van der Waals surface area contributed by atoms with E-state index in [4.69, 9.17) is 5.26 Å². The molecule has 0 spiro atoms. The number of unbranched alkanes of at least 4 members (excludes halogenated alkanes) is 6. The summed E-state index contributed by atoms with van der Waals surface area (Å²) in [6.07, 6.45) is 17.4. The van der Waals surface area contributed by atoms with E-state index in [0.29, 0.717) is 0 Å². The molecule has 1 rings (SSSR count). The monoisotopic (exact) mass is 321 g/mol. The molecule has 1 fully saturated rings. The predicted molar refractivity (Wildman–Crippen MR) is 96.8 cm³/mol. The van der Waals surface area contributed by atoms with Crippen molar-refractivity contribution in [1.29, 1.82) is 0 Å².